The van der Waals surface area contributed by atoms with Crippen molar-refractivity contribution in [3.63, 3.8) is 0 Å². The molecule has 3 N–H and O–H groups in total. The SMILES string of the molecule is CS(=O)NC1CCC(C2C=CN=C(N)C=N2)CC1. The Kier molecular flexibility index (Phi) is 4.66. The minimum Gasteiger partial charge on any atom is -0.382 e. The van der Waals surface area contributed by atoms with Crippen LogP contribution < -0.4 is 10.5 Å². The third-order valence-corrected chi connectivity index (χ3v) is 4.14. The van der Waals surface area contributed by atoms with Gasteiger partial charge in [0.15, 0.2) is 0 Å². The van der Waals surface area contributed by atoms with E-state index in [-0.39, 0.29) is 6.04 Å². The van der Waals surface area contributed by atoms with Gasteiger partial charge in [-0.15, -0.1) is 0 Å². The van der Waals surface area contributed by atoms with E-state index in [1.165, 1.54) is 0 Å². The maximum Gasteiger partial charge on any atom is 0.141 e. The smallest absolute Gasteiger partial charge is 0.141 e. The summed E-state index contributed by atoms with van der Waals surface area (Å²) in [5.41, 5.74) is 5.61. The van der Waals surface area contributed by atoms with Crippen LogP contribution in [0.4, 0.5) is 0 Å². The summed E-state index contributed by atoms with van der Waals surface area (Å²) in [7, 11) is -0.915. The standard InChI is InChI=1S/C12H20N4OS/c1-18(17)16-10-4-2-9(3-5-10)11-6-7-14-12(13)8-15-11/h6-11,16H,2-5H2,1H3,(H2,13,14). The Morgan fingerprint density at radius 3 is 2.78 bits per heavy atom. The number of nitrogens with one attached hydrogen (secondary N) is 1. The molecule has 0 aromatic heterocycles. The predicted molar refractivity (Wildman–Crippen MR) is 76.0 cm³/mol. The Morgan fingerprint density at radius 1 is 1.39 bits per heavy atom. The van der Waals surface area contributed by atoms with Crippen LogP contribution in [0.3, 0.4) is 0 Å². The van der Waals surface area contributed by atoms with Gasteiger partial charge in [0.2, 0.25) is 0 Å². The van der Waals surface area contributed by atoms with Crippen LogP contribution in [0, 0.1) is 5.92 Å². The van der Waals surface area contributed by atoms with Crippen LogP contribution >= 0.6 is 0 Å². The van der Waals surface area contributed by atoms with Gasteiger partial charge in [-0.05, 0) is 37.7 Å². The van der Waals surface area contributed by atoms with Crippen molar-refractivity contribution in [2.75, 3.05) is 6.26 Å². The van der Waals surface area contributed by atoms with Crippen molar-refractivity contribution in [2.45, 2.75) is 37.8 Å². The van der Waals surface area contributed by atoms with E-state index in [0.29, 0.717) is 17.8 Å². The lowest BCUT2D eigenvalue weighted by Gasteiger charge is -2.30. The first kappa shape index (κ1) is 13.4. The van der Waals surface area contributed by atoms with Crippen LogP contribution in [0.5, 0.6) is 0 Å². The van der Waals surface area contributed by atoms with Crippen molar-refractivity contribution in [3.05, 3.63) is 12.3 Å². The van der Waals surface area contributed by atoms with E-state index in [1.807, 2.05) is 6.08 Å². The molecule has 0 aromatic carbocycles. The molecule has 0 spiro atoms. The van der Waals surface area contributed by atoms with E-state index < -0.39 is 11.0 Å². The first-order chi connectivity index (χ1) is 8.65. The van der Waals surface area contributed by atoms with Gasteiger partial charge in [0, 0.05) is 18.5 Å². The molecule has 1 saturated carbocycles. The van der Waals surface area contributed by atoms with Crippen LogP contribution in [0.25, 0.3) is 0 Å². The van der Waals surface area contributed by atoms with Crippen molar-refractivity contribution in [1.82, 2.24) is 4.72 Å². The van der Waals surface area contributed by atoms with Gasteiger partial charge in [-0.3, -0.25) is 4.99 Å². The molecular weight excluding hydrogens is 248 g/mol. The highest BCUT2D eigenvalue weighted by Crippen LogP contribution is 2.29. The highest BCUT2D eigenvalue weighted by Gasteiger charge is 2.26. The van der Waals surface area contributed by atoms with Crippen LogP contribution in [0.15, 0.2) is 22.3 Å². The van der Waals surface area contributed by atoms with Gasteiger partial charge in [0.25, 0.3) is 0 Å². The number of amidine groups is 1. The molecule has 5 nitrogen and oxygen atoms in total. The number of hydrogen-bond donors (Lipinski definition) is 2. The van der Waals surface area contributed by atoms with E-state index >= 15 is 0 Å². The predicted octanol–water partition coefficient (Wildman–Crippen LogP) is 0.752. The molecule has 2 atom stereocenters. The molecule has 1 fully saturated rings. The Labute approximate surface area is 110 Å². The fraction of sp³-hybridized carbons (Fsp3) is 0.667. The molecule has 0 radical (unpaired) electrons. The van der Waals surface area contributed by atoms with Crippen LogP contribution in [-0.4, -0.2) is 34.6 Å². The summed E-state index contributed by atoms with van der Waals surface area (Å²) in [5, 5.41) is 0. The van der Waals surface area contributed by atoms with Gasteiger partial charge < -0.3 is 5.73 Å². The average Bonchev–Trinajstić information content (AvgIpc) is 2.54. The first-order valence-electron chi connectivity index (χ1n) is 6.28. The summed E-state index contributed by atoms with van der Waals surface area (Å²) < 4.78 is 14.2. The molecule has 0 saturated heterocycles. The fourth-order valence-electron chi connectivity index (χ4n) is 2.55. The van der Waals surface area contributed by atoms with Gasteiger partial charge >= 0.3 is 0 Å². The summed E-state index contributed by atoms with van der Waals surface area (Å²) in [4.78, 5) is 8.50. The summed E-state index contributed by atoms with van der Waals surface area (Å²) in [5.74, 6) is 1.01. The number of nitrogens with two attached hydrogens (primary N) is 1. The minimum atomic E-state index is -0.915. The second-order valence-corrected chi connectivity index (χ2v) is 5.99. The summed E-state index contributed by atoms with van der Waals surface area (Å²) >= 11 is 0. The molecule has 18 heavy (non-hydrogen) atoms. The lowest BCUT2D eigenvalue weighted by atomic mass is 9.82. The molecule has 0 bridgehead atoms. The van der Waals surface area contributed by atoms with Crippen molar-refractivity contribution < 1.29 is 4.21 Å². The van der Waals surface area contributed by atoms with Crippen molar-refractivity contribution >= 4 is 23.0 Å². The Morgan fingerprint density at radius 2 is 2.11 bits per heavy atom. The van der Waals surface area contributed by atoms with Crippen molar-refractivity contribution in [2.24, 2.45) is 21.6 Å². The van der Waals surface area contributed by atoms with E-state index in [2.05, 4.69) is 14.7 Å². The molecular formula is C12H20N4OS. The topological polar surface area (TPSA) is 79.8 Å². The zero-order valence-electron chi connectivity index (χ0n) is 10.6. The Hall–Kier alpha value is -1.01. The molecule has 1 aliphatic heterocycles. The summed E-state index contributed by atoms with van der Waals surface area (Å²) in [6, 6.07) is 0.565. The quantitative estimate of drug-likeness (QED) is 0.792. The van der Waals surface area contributed by atoms with Gasteiger partial charge in [0.05, 0.1) is 23.2 Å². The summed E-state index contributed by atoms with van der Waals surface area (Å²) in [6.45, 7) is 0. The number of hydrogen-bond acceptors (Lipinski definition) is 4. The molecule has 1 aliphatic carbocycles. The van der Waals surface area contributed by atoms with Crippen molar-refractivity contribution in [3.8, 4) is 0 Å². The molecule has 1 heterocycles. The van der Waals surface area contributed by atoms with Crippen LogP contribution in [0.2, 0.25) is 0 Å². The first-order valence-corrected chi connectivity index (χ1v) is 7.83. The van der Waals surface area contributed by atoms with Crippen LogP contribution in [-0.2, 0) is 11.0 Å². The second kappa shape index (κ2) is 6.24. The third-order valence-electron chi connectivity index (χ3n) is 3.47. The number of nitrogens with zero attached hydrogens (tertiary/aromatic N) is 2. The normalized spacial score (nSPS) is 33.8. The molecule has 0 aromatic rings. The van der Waals surface area contributed by atoms with E-state index in [4.69, 9.17) is 5.73 Å². The fourth-order valence-corrected chi connectivity index (χ4v) is 3.26. The Bertz CT molecular complexity index is 397. The van der Waals surface area contributed by atoms with E-state index in [9.17, 15) is 4.21 Å². The molecule has 2 unspecified atom stereocenters. The maximum atomic E-state index is 11.1. The van der Waals surface area contributed by atoms with Gasteiger partial charge in [-0.25, -0.2) is 13.9 Å². The number of aliphatic imine (C=N–C) groups is 2. The highest BCUT2D eigenvalue weighted by molar-refractivity contribution is 7.82. The second-order valence-electron chi connectivity index (χ2n) is 4.85. The zero-order valence-corrected chi connectivity index (χ0v) is 11.4. The average molecular weight is 268 g/mol. The van der Waals surface area contributed by atoms with Crippen molar-refractivity contribution in [1.29, 1.82) is 0 Å². The van der Waals surface area contributed by atoms with Gasteiger partial charge in [-0.2, -0.15) is 0 Å². The molecule has 6 heteroatoms. The highest BCUT2D eigenvalue weighted by atomic mass is 32.2. The maximum absolute atomic E-state index is 11.1. The third kappa shape index (κ3) is 3.74. The monoisotopic (exact) mass is 268 g/mol. The van der Waals surface area contributed by atoms with E-state index in [0.717, 1.165) is 25.7 Å². The zero-order chi connectivity index (χ0) is 13.0. The molecule has 100 valence electrons. The van der Waals surface area contributed by atoms with E-state index in [1.54, 1.807) is 18.7 Å². The molecule has 0 amide bonds. The largest absolute Gasteiger partial charge is 0.382 e. The Balaban J connectivity index is 1.87. The lowest BCUT2D eigenvalue weighted by molar-refractivity contribution is 0.297. The number of rotatable bonds is 3. The molecule has 2 rings (SSSR count). The molecule has 2 aliphatic rings. The van der Waals surface area contributed by atoms with Gasteiger partial charge in [0.1, 0.15) is 5.84 Å². The lowest BCUT2D eigenvalue weighted by Crippen LogP contribution is -2.36. The minimum absolute atomic E-state index is 0.183. The van der Waals surface area contributed by atoms with Crippen LogP contribution in [0.1, 0.15) is 25.7 Å². The summed E-state index contributed by atoms with van der Waals surface area (Å²) in [6.07, 6.45) is 11.4. The van der Waals surface area contributed by atoms with Gasteiger partial charge in [-0.1, -0.05) is 0 Å².